The van der Waals surface area contributed by atoms with Crippen molar-refractivity contribution in [3.8, 4) is 0 Å². The van der Waals surface area contributed by atoms with E-state index >= 15 is 0 Å². The van der Waals surface area contributed by atoms with E-state index in [1.165, 1.54) is 0 Å². The molecule has 0 radical (unpaired) electrons. The fraction of sp³-hybridized carbons (Fsp3) is 0.235. The Morgan fingerprint density at radius 1 is 1.04 bits per heavy atom. The molecule has 1 saturated heterocycles. The normalized spacial score (nSPS) is 15.2. The quantitative estimate of drug-likeness (QED) is 0.812. The maximum atomic E-state index is 12.2. The van der Waals surface area contributed by atoms with Crippen LogP contribution in [0.25, 0.3) is 6.08 Å². The van der Waals surface area contributed by atoms with E-state index in [4.69, 9.17) is 11.6 Å². The van der Waals surface area contributed by atoms with Crippen LogP contribution < -0.4 is 4.90 Å². The van der Waals surface area contributed by atoms with Gasteiger partial charge in [0.1, 0.15) is 0 Å². The van der Waals surface area contributed by atoms with E-state index in [1.807, 2.05) is 35.2 Å². The Morgan fingerprint density at radius 3 is 2.35 bits per heavy atom. The van der Waals surface area contributed by atoms with Gasteiger partial charge in [-0.25, -0.2) is 9.97 Å². The predicted octanol–water partition coefficient (Wildman–Crippen LogP) is 2.49. The largest absolute Gasteiger partial charge is 0.337 e. The van der Waals surface area contributed by atoms with Gasteiger partial charge in [-0.3, -0.25) is 4.79 Å². The lowest BCUT2D eigenvalue weighted by molar-refractivity contribution is -0.126. The van der Waals surface area contributed by atoms with Gasteiger partial charge in [-0.1, -0.05) is 23.7 Å². The molecule has 5 nitrogen and oxygen atoms in total. The minimum atomic E-state index is 0.0218. The fourth-order valence-corrected chi connectivity index (χ4v) is 2.55. The van der Waals surface area contributed by atoms with Gasteiger partial charge in [-0.05, 0) is 29.8 Å². The summed E-state index contributed by atoms with van der Waals surface area (Å²) in [5, 5.41) is 0.688. The number of aromatic nitrogens is 2. The van der Waals surface area contributed by atoms with Crippen LogP contribution in [0.4, 0.5) is 5.95 Å². The molecule has 3 rings (SSSR count). The smallest absolute Gasteiger partial charge is 0.246 e. The zero-order valence-corrected chi connectivity index (χ0v) is 13.4. The van der Waals surface area contributed by atoms with Gasteiger partial charge in [0.05, 0.1) is 0 Å². The Labute approximate surface area is 140 Å². The average Bonchev–Trinajstić information content (AvgIpc) is 2.62. The molecular weight excluding hydrogens is 312 g/mol. The van der Waals surface area contributed by atoms with Crippen molar-refractivity contribution in [3.63, 3.8) is 0 Å². The lowest BCUT2D eigenvalue weighted by Gasteiger charge is -2.34. The van der Waals surface area contributed by atoms with Crippen LogP contribution in [0.15, 0.2) is 48.8 Å². The maximum Gasteiger partial charge on any atom is 0.246 e. The Kier molecular flexibility index (Phi) is 4.88. The van der Waals surface area contributed by atoms with Gasteiger partial charge in [0, 0.05) is 49.7 Å². The number of hydrogen-bond donors (Lipinski definition) is 0. The molecule has 0 aliphatic carbocycles. The highest BCUT2D eigenvalue weighted by atomic mass is 35.5. The molecule has 2 heterocycles. The Hall–Kier alpha value is -2.40. The van der Waals surface area contributed by atoms with Gasteiger partial charge in [-0.2, -0.15) is 0 Å². The summed E-state index contributed by atoms with van der Waals surface area (Å²) in [6, 6.07) is 9.19. The van der Waals surface area contributed by atoms with Crippen molar-refractivity contribution in [2.75, 3.05) is 31.1 Å². The van der Waals surface area contributed by atoms with Gasteiger partial charge in [0.15, 0.2) is 0 Å². The minimum absolute atomic E-state index is 0.0218. The molecule has 6 heteroatoms. The molecule has 1 aliphatic rings. The molecule has 0 spiro atoms. The van der Waals surface area contributed by atoms with Crippen molar-refractivity contribution >= 4 is 29.5 Å². The SMILES string of the molecule is O=C(/C=C/c1ccc(Cl)cc1)N1CCN(c2ncccn2)CC1. The standard InChI is InChI=1S/C17H17ClN4O/c18-15-5-2-14(3-6-15)4-7-16(23)21-10-12-22(13-11-21)17-19-8-1-9-20-17/h1-9H,10-13H2/b7-4+. The number of benzene rings is 1. The van der Waals surface area contributed by atoms with Crippen molar-refractivity contribution < 1.29 is 4.79 Å². The number of hydrogen-bond acceptors (Lipinski definition) is 4. The van der Waals surface area contributed by atoms with E-state index < -0.39 is 0 Å². The molecular formula is C17H17ClN4O. The number of halogens is 1. The topological polar surface area (TPSA) is 49.3 Å². The highest BCUT2D eigenvalue weighted by molar-refractivity contribution is 6.30. The average molecular weight is 329 g/mol. The van der Waals surface area contributed by atoms with E-state index in [2.05, 4.69) is 14.9 Å². The number of amides is 1. The number of rotatable bonds is 3. The Bertz CT molecular complexity index is 679. The number of carbonyl (C=O) groups is 1. The third kappa shape index (κ3) is 4.07. The number of piperazine rings is 1. The number of anilines is 1. The van der Waals surface area contributed by atoms with Crippen molar-refractivity contribution in [1.82, 2.24) is 14.9 Å². The summed E-state index contributed by atoms with van der Waals surface area (Å²) >= 11 is 5.85. The Morgan fingerprint density at radius 2 is 1.70 bits per heavy atom. The van der Waals surface area contributed by atoms with Gasteiger partial charge in [-0.15, -0.1) is 0 Å². The van der Waals surface area contributed by atoms with E-state index in [0.717, 1.165) is 24.6 Å². The molecule has 118 valence electrons. The first kappa shape index (κ1) is 15.5. The molecule has 23 heavy (non-hydrogen) atoms. The first-order chi connectivity index (χ1) is 11.2. The summed E-state index contributed by atoms with van der Waals surface area (Å²) in [4.78, 5) is 24.7. The maximum absolute atomic E-state index is 12.2. The number of carbonyl (C=O) groups excluding carboxylic acids is 1. The molecule has 0 N–H and O–H groups in total. The second-order valence-electron chi connectivity index (χ2n) is 5.25. The summed E-state index contributed by atoms with van der Waals surface area (Å²) in [7, 11) is 0. The molecule has 0 bridgehead atoms. The molecule has 0 saturated carbocycles. The third-order valence-electron chi connectivity index (χ3n) is 3.71. The first-order valence-corrected chi connectivity index (χ1v) is 7.85. The van der Waals surface area contributed by atoms with Crippen LogP contribution >= 0.6 is 11.6 Å². The van der Waals surface area contributed by atoms with Crippen LogP contribution in [0.5, 0.6) is 0 Å². The summed E-state index contributed by atoms with van der Waals surface area (Å²) in [5.74, 6) is 0.741. The molecule has 1 aromatic heterocycles. The van der Waals surface area contributed by atoms with E-state index in [9.17, 15) is 4.79 Å². The summed E-state index contributed by atoms with van der Waals surface area (Å²) in [5.41, 5.74) is 0.957. The van der Waals surface area contributed by atoms with Gasteiger partial charge < -0.3 is 9.80 Å². The zero-order valence-electron chi connectivity index (χ0n) is 12.6. The first-order valence-electron chi connectivity index (χ1n) is 7.47. The van der Waals surface area contributed by atoms with E-state index in [-0.39, 0.29) is 5.91 Å². The zero-order chi connectivity index (χ0) is 16.1. The van der Waals surface area contributed by atoms with E-state index in [0.29, 0.717) is 18.1 Å². The molecule has 2 aromatic rings. The van der Waals surface area contributed by atoms with Crippen molar-refractivity contribution in [2.45, 2.75) is 0 Å². The summed E-state index contributed by atoms with van der Waals surface area (Å²) in [6.45, 7) is 2.82. The van der Waals surface area contributed by atoms with Gasteiger partial charge in [0.2, 0.25) is 11.9 Å². The van der Waals surface area contributed by atoms with Crippen molar-refractivity contribution in [1.29, 1.82) is 0 Å². The van der Waals surface area contributed by atoms with Crippen LogP contribution in [0, 0.1) is 0 Å². The second kappa shape index (κ2) is 7.24. The lowest BCUT2D eigenvalue weighted by atomic mass is 10.2. The highest BCUT2D eigenvalue weighted by Gasteiger charge is 2.20. The molecule has 1 amide bonds. The van der Waals surface area contributed by atoms with Crippen LogP contribution in [-0.4, -0.2) is 47.0 Å². The van der Waals surface area contributed by atoms with Gasteiger partial charge in [0.25, 0.3) is 0 Å². The molecule has 0 unspecified atom stereocenters. The number of nitrogens with zero attached hydrogens (tertiary/aromatic N) is 4. The highest BCUT2D eigenvalue weighted by Crippen LogP contribution is 2.12. The van der Waals surface area contributed by atoms with Crippen molar-refractivity contribution in [3.05, 3.63) is 59.4 Å². The minimum Gasteiger partial charge on any atom is -0.337 e. The molecule has 1 aliphatic heterocycles. The molecule has 1 fully saturated rings. The predicted molar refractivity (Wildman–Crippen MR) is 91.3 cm³/mol. The monoisotopic (exact) mass is 328 g/mol. The summed E-state index contributed by atoms with van der Waals surface area (Å²) in [6.07, 6.45) is 6.88. The lowest BCUT2D eigenvalue weighted by Crippen LogP contribution is -2.48. The van der Waals surface area contributed by atoms with Crippen molar-refractivity contribution in [2.24, 2.45) is 0 Å². The van der Waals surface area contributed by atoms with Crippen LogP contribution in [0.3, 0.4) is 0 Å². The molecule has 0 atom stereocenters. The Balaban J connectivity index is 1.55. The second-order valence-corrected chi connectivity index (χ2v) is 5.68. The van der Waals surface area contributed by atoms with Crippen LogP contribution in [0.1, 0.15) is 5.56 Å². The third-order valence-corrected chi connectivity index (χ3v) is 3.97. The van der Waals surface area contributed by atoms with Crippen LogP contribution in [0.2, 0.25) is 5.02 Å². The van der Waals surface area contributed by atoms with Gasteiger partial charge >= 0.3 is 0 Å². The fourth-order valence-electron chi connectivity index (χ4n) is 2.43. The summed E-state index contributed by atoms with van der Waals surface area (Å²) < 4.78 is 0. The van der Waals surface area contributed by atoms with Crippen LogP contribution in [-0.2, 0) is 4.79 Å². The van der Waals surface area contributed by atoms with E-state index in [1.54, 1.807) is 24.5 Å². The molecule has 1 aromatic carbocycles.